The Morgan fingerprint density at radius 1 is 0.903 bits per heavy atom. The summed E-state index contributed by atoms with van der Waals surface area (Å²) in [6.07, 6.45) is 7.32. The van der Waals surface area contributed by atoms with Crippen LogP contribution in [-0.2, 0) is 10.3 Å². The third kappa shape index (κ3) is 4.37. The highest BCUT2D eigenvalue weighted by molar-refractivity contribution is 6.05. The molecule has 1 fully saturated rings. The molecule has 166 valence electrons. The molecular weight excluding hydrogens is 382 g/mol. The standard InChI is InChI=1S/C28H37NO2/c1-17-12-18(2)26(19(3)13-17)23-15-21(28(4,5)6)14-22(27(23)30)24-16-25(31-29-24)20-10-8-7-9-11-20/h12-15,20,25,30H,7-11,16H2,1-6H3. The summed E-state index contributed by atoms with van der Waals surface area (Å²) in [5, 5.41) is 16.0. The van der Waals surface area contributed by atoms with Gasteiger partial charge in [-0.05, 0) is 79.3 Å². The van der Waals surface area contributed by atoms with Gasteiger partial charge in [0.1, 0.15) is 11.9 Å². The summed E-state index contributed by atoms with van der Waals surface area (Å²) in [7, 11) is 0. The molecule has 0 amide bonds. The Hall–Kier alpha value is -2.29. The first-order chi connectivity index (χ1) is 14.6. The summed E-state index contributed by atoms with van der Waals surface area (Å²) < 4.78 is 0. The summed E-state index contributed by atoms with van der Waals surface area (Å²) in [4.78, 5) is 5.93. The fraction of sp³-hybridized carbons (Fsp3) is 0.536. The molecular formula is C28H37NO2. The molecule has 3 nitrogen and oxygen atoms in total. The van der Waals surface area contributed by atoms with Crippen LogP contribution in [0.25, 0.3) is 11.1 Å². The zero-order valence-corrected chi connectivity index (χ0v) is 20.0. The van der Waals surface area contributed by atoms with E-state index in [0.717, 1.165) is 28.8 Å². The summed E-state index contributed by atoms with van der Waals surface area (Å²) in [5.41, 5.74) is 8.55. The van der Waals surface area contributed by atoms with Crippen LogP contribution in [0.5, 0.6) is 5.75 Å². The van der Waals surface area contributed by atoms with Crippen LogP contribution >= 0.6 is 0 Å². The maximum absolute atomic E-state index is 11.5. The maximum atomic E-state index is 11.5. The van der Waals surface area contributed by atoms with Gasteiger partial charge in [-0.15, -0.1) is 0 Å². The molecule has 4 rings (SSSR count). The number of phenolic OH excluding ortho intramolecular Hbond substituents is 1. The second kappa shape index (κ2) is 8.33. The molecule has 0 bridgehead atoms. The zero-order chi connectivity index (χ0) is 22.3. The van der Waals surface area contributed by atoms with Crippen LogP contribution in [-0.4, -0.2) is 16.9 Å². The van der Waals surface area contributed by atoms with Crippen molar-refractivity contribution in [2.45, 2.75) is 91.6 Å². The lowest BCUT2D eigenvalue weighted by Gasteiger charge is -2.25. The van der Waals surface area contributed by atoms with E-state index >= 15 is 0 Å². The Balaban J connectivity index is 1.78. The molecule has 3 heteroatoms. The van der Waals surface area contributed by atoms with Crippen molar-refractivity contribution in [2.75, 3.05) is 0 Å². The Labute approximate surface area is 187 Å². The Morgan fingerprint density at radius 2 is 1.52 bits per heavy atom. The van der Waals surface area contributed by atoms with E-state index in [0.29, 0.717) is 11.7 Å². The van der Waals surface area contributed by atoms with E-state index in [1.165, 1.54) is 54.4 Å². The van der Waals surface area contributed by atoms with Gasteiger partial charge in [0, 0.05) is 17.5 Å². The molecule has 1 heterocycles. The van der Waals surface area contributed by atoms with Gasteiger partial charge in [0.05, 0.1) is 5.71 Å². The SMILES string of the molecule is Cc1cc(C)c(-c2cc(C(C)(C)C)cc(C3=NOC(C4CCCCC4)C3)c2O)c(C)c1. The van der Waals surface area contributed by atoms with Crippen LogP contribution in [0.3, 0.4) is 0 Å². The van der Waals surface area contributed by atoms with E-state index in [2.05, 4.69) is 71.0 Å². The number of oxime groups is 1. The molecule has 0 spiro atoms. The van der Waals surface area contributed by atoms with E-state index in [-0.39, 0.29) is 11.5 Å². The van der Waals surface area contributed by atoms with Gasteiger partial charge in [-0.3, -0.25) is 0 Å². The smallest absolute Gasteiger partial charge is 0.136 e. The molecule has 2 aliphatic rings. The first-order valence-corrected chi connectivity index (χ1v) is 11.8. The first-order valence-electron chi connectivity index (χ1n) is 11.8. The van der Waals surface area contributed by atoms with Crippen molar-refractivity contribution in [1.82, 2.24) is 0 Å². The predicted octanol–water partition coefficient (Wildman–Crippen LogP) is 7.36. The number of rotatable bonds is 3. The van der Waals surface area contributed by atoms with E-state index in [1.807, 2.05) is 0 Å². The largest absolute Gasteiger partial charge is 0.507 e. The Kier molecular flexibility index (Phi) is 5.89. The van der Waals surface area contributed by atoms with Gasteiger partial charge < -0.3 is 9.94 Å². The molecule has 1 atom stereocenters. The number of phenols is 1. The van der Waals surface area contributed by atoms with Crippen molar-refractivity contribution in [3.05, 3.63) is 52.1 Å². The van der Waals surface area contributed by atoms with Crippen molar-refractivity contribution in [3.63, 3.8) is 0 Å². The third-order valence-electron chi connectivity index (χ3n) is 7.10. The number of hydrogen-bond donors (Lipinski definition) is 1. The van der Waals surface area contributed by atoms with E-state index < -0.39 is 0 Å². The van der Waals surface area contributed by atoms with Crippen LogP contribution < -0.4 is 0 Å². The topological polar surface area (TPSA) is 41.8 Å². The number of aryl methyl sites for hydroxylation is 3. The minimum Gasteiger partial charge on any atom is -0.507 e. The van der Waals surface area contributed by atoms with Crippen molar-refractivity contribution >= 4 is 5.71 Å². The fourth-order valence-corrected chi connectivity index (χ4v) is 5.40. The second-order valence-corrected chi connectivity index (χ2v) is 10.7. The predicted molar refractivity (Wildman–Crippen MR) is 129 cm³/mol. The lowest BCUT2D eigenvalue weighted by molar-refractivity contribution is 0.0268. The molecule has 0 radical (unpaired) electrons. The molecule has 1 saturated carbocycles. The quantitative estimate of drug-likeness (QED) is 0.565. The van der Waals surface area contributed by atoms with Gasteiger partial charge in [-0.25, -0.2) is 0 Å². The molecule has 1 aliphatic carbocycles. The lowest BCUT2D eigenvalue weighted by Crippen LogP contribution is -2.23. The van der Waals surface area contributed by atoms with E-state index in [4.69, 9.17) is 4.84 Å². The summed E-state index contributed by atoms with van der Waals surface area (Å²) in [5.74, 6) is 0.915. The Morgan fingerprint density at radius 3 is 2.13 bits per heavy atom. The molecule has 31 heavy (non-hydrogen) atoms. The van der Waals surface area contributed by atoms with Crippen molar-refractivity contribution in [2.24, 2.45) is 11.1 Å². The zero-order valence-electron chi connectivity index (χ0n) is 20.0. The third-order valence-corrected chi connectivity index (χ3v) is 7.10. The summed E-state index contributed by atoms with van der Waals surface area (Å²) in [6, 6.07) is 8.68. The highest BCUT2D eigenvalue weighted by Gasteiger charge is 2.33. The van der Waals surface area contributed by atoms with E-state index in [1.54, 1.807) is 0 Å². The summed E-state index contributed by atoms with van der Waals surface area (Å²) in [6.45, 7) is 13.1. The molecule has 1 unspecified atom stereocenters. The van der Waals surface area contributed by atoms with Crippen LogP contribution in [0, 0.1) is 26.7 Å². The van der Waals surface area contributed by atoms with Crippen LogP contribution in [0.15, 0.2) is 29.4 Å². The monoisotopic (exact) mass is 419 g/mol. The number of aromatic hydroxyl groups is 1. The normalized spacial score (nSPS) is 19.9. The van der Waals surface area contributed by atoms with Crippen molar-refractivity contribution < 1.29 is 9.94 Å². The number of benzene rings is 2. The van der Waals surface area contributed by atoms with Gasteiger partial charge in [-0.2, -0.15) is 0 Å². The van der Waals surface area contributed by atoms with Gasteiger partial charge in [-0.1, -0.05) is 62.9 Å². The van der Waals surface area contributed by atoms with Crippen molar-refractivity contribution in [3.8, 4) is 16.9 Å². The number of hydrogen-bond acceptors (Lipinski definition) is 3. The fourth-order valence-electron chi connectivity index (χ4n) is 5.40. The average molecular weight is 420 g/mol. The molecule has 2 aromatic rings. The second-order valence-electron chi connectivity index (χ2n) is 10.7. The lowest BCUT2D eigenvalue weighted by atomic mass is 9.80. The molecule has 0 aromatic heterocycles. The van der Waals surface area contributed by atoms with Crippen LogP contribution in [0.2, 0.25) is 0 Å². The maximum Gasteiger partial charge on any atom is 0.136 e. The summed E-state index contributed by atoms with van der Waals surface area (Å²) >= 11 is 0. The molecule has 0 saturated heterocycles. The van der Waals surface area contributed by atoms with Gasteiger partial charge in [0.2, 0.25) is 0 Å². The average Bonchev–Trinajstić information content (AvgIpc) is 3.18. The van der Waals surface area contributed by atoms with Gasteiger partial charge in [0.15, 0.2) is 0 Å². The highest BCUT2D eigenvalue weighted by Crippen LogP contribution is 2.42. The highest BCUT2D eigenvalue weighted by atomic mass is 16.6. The first kappa shape index (κ1) is 21.9. The van der Waals surface area contributed by atoms with Crippen LogP contribution in [0.1, 0.15) is 87.1 Å². The minimum atomic E-state index is -0.0352. The molecule has 2 aromatic carbocycles. The molecule has 1 aliphatic heterocycles. The van der Waals surface area contributed by atoms with Crippen molar-refractivity contribution in [1.29, 1.82) is 0 Å². The minimum absolute atomic E-state index is 0.0352. The molecule has 1 N–H and O–H groups in total. The number of nitrogens with zero attached hydrogens (tertiary/aromatic N) is 1. The Bertz CT molecular complexity index is 983. The van der Waals surface area contributed by atoms with Gasteiger partial charge in [0.25, 0.3) is 0 Å². The van der Waals surface area contributed by atoms with Crippen LogP contribution in [0.4, 0.5) is 0 Å². The van der Waals surface area contributed by atoms with E-state index in [9.17, 15) is 5.11 Å². The van der Waals surface area contributed by atoms with Gasteiger partial charge >= 0.3 is 0 Å².